The molecule has 1 aliphatic heterocycles. The van der Waals surface area contributed by atoms with Crippen molar-refractivity contribution in [1.82, 2.24) is 9.55 Å². The highest BCUT2D eigenvalue weighted by Gasteiger charge is 2.32. The van der Waals surface area contributed by atoms with E-state index in [2.05, 4.69) is 4.98 Å². The lowest BCUT2D eigenvalue weighted by molar-refractivity contribution is -0.00214. The molecule has 0 amide bonds. The number of hydrogen-bond acceptors (Lipinski definition) is 8. The fourth-order valence-corrected chi connectivity index (χ4v) is 3.73. The molecule has 0 spiro atoms. The van der Waals surface area contributed by atoms with Gasteiger partial charge in [-0.1, -0.05) is 18.2 Å². The fraction of sp³-hybridized carbons (Fsp3) is 0.286. The van der Waals surface area contributed by atoms with Gasteiger partial charge in [-0.15, -0.1) is 16.3 Å². The summed E-state index contributed by atoms with van der Waals surface area (Å²) in [5.41, 5.74) is 4.64. The van der Waals surface area contributed by atoms with Crippen molar-refractivity contribution < 1.29 is 18.3 Å². The van der Waals surface area contributed by atoms with E-state index in [0.29, 0.717) is 11.5 Å². The second kappa shape index (κ2) is 7.76. The monoisotopic (exact) mass is 368 g/mol. The third-order valence-corrected chi connectivity index (χ3v) is 4.95. The topological polar surface area (TPSA) is 106 Å². The van der Waals surface area contributed by atoms with E-state index in [1.54, 1.807) is 24.3 Å². The van der Waals surface area contributed by atoms with Gasteiger partial charge in [-0.2, -0.15) is 4.98 Å². The first-order valence-electron chi connectivity index (χ1n) is 7.07. The van der Waals surface area contributed by atoms with Crippen LogP contribution in [0.3, 0.4) is 0 Å². The van der Waals surface area contributed by atoms with Crippen LogP contribution in [0.5, 0.6) is 5.75 Å². The molecule has 1 saturated heterocycles. The van der Waals surface area contributed by atoms with Crippen molar-refractivity contribution in [3.63, 3.8) is 0 Å². The SMILES string of the molecule is Nc1ccn([C@@H]2CS[C@H](CO[P+](=O)Oc3ccccc3)O2)c(=O)n1. The molecule has 2 N–H and O–H groups in total. The van der Waals surface area contributed by atoms with Gasteiger partial charge in [-0.3, -0.25) is 4.57 Å². The number of thioether (sulfide) groups is 1. The Labute approximate surface area is 142 Å². The number of ether oxygens (including phenoxy) is 1. The summed E-state index contributed by atoms with van der Waals surface area (Å²) in [5, 5.41) is 0. The van der Waals surface area contributed by atoms with Crippen LogP contribution in [0, 0.1) is 0 Å². The van der Waals surface area contributed by atoms with E-state index >= 15 is 0 Å². The van der Waals surface area contributed by atoms with Gasteiger partial charge in [0, 0.05) is 16.5 Å². The molecule has 1 aromatic carbocycles. The molecule has 1 fully saturated rings. The van der Waals surface area contributed by atoms with Gasteiger partial charge >= 0.3 is 13.9 Å². The first-order chi connectivity index (χ1) is 11.6. The van der Waals surface area contributed by atoms with E-state index in [1.807, 2.05) is 6.07 Å². The Kier molecular flexibility index (Phi) is 5.47. The maximum absolute atomic E-state index is 11.8. The summed E-state index contributed by atoms with van der Waals surface area (Å²) in [4.78, 5) is 15.4. The number of nitrogens with zero attached hydrogens (tertiary/aromatic N) is 2. The molecule has 2 aromatic rings. The van der Waals surface area contributed by atoms with Gasteiger partial charge in [0.1, 0.15) is 24.1 Å². The molecule has 0 saturated carbocycles. The van der Waals surface area contributed by atoms with Crippen LogP contribution in [0.2, 0.25) is 0 Å². The number of nitrogens with two attached hydrogens (primary N) is 1. The van der Waals surface area contributed by atoms with E-state index in [9.17, 15) is 9.36 Å². The summed E-state index contributed by atoms with van der Waals surface area (Å²) in [7, 11) is -2.29. The molecular weight excluding hydrogens is 353 g/mol. The zero-order chi connectivity index (χ0) is 16.9. The Hall–Kier alpha value is -1.93. The highest BCUT2D eigenvalue weighted by molar-refractivity contribution is 8.00. The molecule has 1 aliphatic rings. The van der Waals surface area contributed by atoms with E-state index in [1.165, 1.54) is 28.6 Å². The van der Waals surface area contributed by atoms with E-state index < -0.39 is 20.2 Å². The number of benzene rings is 1. The van der Waals surface area contributed by atoms with Crippen molar-refractivity contribution in [2.75, 3.05) is 18.1 Å². The zero-order valence-electron chi connectivity index (χ0n) is 12.5. The molecule has 8 nitrogen and oxygen atoms in total. The van der Waals surface area contributed by atoms with Crippen LogP contribution in [-0.4, -0.2) is 27.3 Å². The van der Waals surface area contributed by atoms with Crippen LogP contribution in [0.1, 0.15) is 6.23 Å². The number of para-hydroxylation sites is 1. The third-order valence-electron chi connectivity index (χ3n) is 3.13. The number of rotatable bonds is 6. The minimum Gasteiger partial charge on any atom is -0.383 e. The molecule has 3 atom stereocenters. The molecule has 126 valence electrons. The van der Waals surface area contributed by atoms with Gasteiger partial charge in [0.2, 0.25) is 0 Å². The van der Waals surface area contributed by atoms with Crippen LogP contribution in [0.15, 0.2) is 47.4 Å². The third kappa shape index (κ3) is 4.33. The molecule has 1 aromatic heterocycles. The summed E-state index contributed by atoms with van der Waals surface area (Å²) in [6, 6.07) is 10.3. The van der Waals surface area contributed by atoms with Gasteiger partial charge < -0.3 is 10.5 Å². The average molecular weight is 368 g/mol. The van der Waals surface area contributed by atoms with Crippen molar-refractivity contribution in [3.8, 4) is 5.75 Å². The summed E-state index contributed by atoms with van der Waals surface area (Å²) < 4.78 is 29.2. The molecule has 0 radical (unpaired) electrons. The molecule has 1 unspecified atom stereocenters. The van der Waals surface area contributed by atoms with Crippen LogP contribution in [0.4, 0.5) is 5.82 Å². The molecule has 0 bridgehead atoms. The van der Waals surface area contributed by atoms with E-state index in [-0.39, 0.29) is 17.9 Å². The first kappa shape index (κ1) is 16.9. The smallest absolute Gasteiger partial charge is 0.383 e. The summed E-state index contributed by atoms with van der Waals surface area (Å²) in [6.07, 6.45) is 1.08. The Bertz CT molecular complexity index is 773. The predicted molar refractivity (Wildman–Crippen MR) is 89.9 cm³/mol. The number of nitrogen functional groups attached to an aromatic ring is 1. The van der Waals surface area contributed by atoms with Crippen molar-refractivity contribution in [1.29, 1.82) is 0 Å². The zero-order valence-corrected chi connectivity index (χ0v) is 14.2. The second-order valence-corrected chi connectivity index (χ2v) is 6.90. The van der Waals surface area contributed by atoms with Gasteiger partial charge in [-0.05, 0) is 18.2 Å². The van der Waals surface area contributed by atoms with Gasteiger partial charge in [0.25, 0.3) is 0 Å². The number of aromatic nitrogens is 2. The second-order valence-electron chi connectivity index (χ2n) is 4.82. The Morgan fingerprint density at radius 1 is 1.38 bits per heavy atom. The highest BCUT2D eigenvalue weighted by Crippen LogP contribution is 2.34. The van der Waals surface area contributed by atoms with E-state index in [0.717, 1.165) is 0 Å². The normalized spacial score (nSPS) is 20.8. The molecule has 2 heterocycles. The van der Waals surface area contributed by atoms with Crippen LogP contribution >= 0.6 is 20.0 Å². The minimum absolute atomic E-state index is 0.0837. The number of anilines is 1. The van der Waals surface area contributed by atoms with E-state index in [4.69, 9.17) is 19.5 Å². The molecule has 10 heteroatoms. The molecular formula is C14H15N3O5PS+. The molecule has 3 rings (SSSR count). The minimum atomic E-state index is -2.29. The lowest BCUT2D eigenvalue weighted by atomic mass is 10.3. The first-order valence-corrected chi connectivity index (χ1v) is 9.21. The maximum Gasteiger partial charge on any atom is 0.750 e. The molecule has 0 aliphatic carbocycles. The number of hydrogen-bond donors (Lipinski definition) is 1. The Morgan fingerprint density at radius 2 is 2.17 bits per heavy atom. The summed E-state index contributed by atoms with van der Waals surface area (Å²) in [6.45, 7) is 0.0837. The summed E-state index contributed by atoms with van der Waals surface area (Å²) >= 11 is 1.46. The van der Waals surface area contributed by atoms with Crippen molar-refractivity contribution in [2.24, 2.45) is 0 Å². The average Bonchev–Trinajstić information content (AvgIpc) is 3.02. The van der Waals surface area contributed by atoms with Gasteiger partial charge in [0.05, 0.1) is 0 Å². The maximum atomic E-state index is 11.8. The lowest BCUT2D eigenvalue weighted by Gasteiger charge is -2.13. The van der Waals surface area contributed by atoms with Crippen molar-refractivity contribution in [2.45, 2.75) is 11.7 Å². The van der Waals surface area contributed by atoms with Crippen LogP contribution < -0.4 is 15.9 Å². The lowest BCUT2D eigenvalue weighted by Crippen LogP contribution is -2.28. The van der Waals surface area contributed by atoms with Crippen molar-refractivity contribution >= 4 is 25.8 Å². The van der Waals surface area contributed by atoms with Gasteiger partial charge in [0.15, 0.2) is 5.75 Å². The Balaban J connectivity index is 1.49. The van der Waals surface area contributed by atoms with Crippen LogP contribution in [-0.2, 0) is 13.8 Å². The highest BCUT2D eigenvalue weighted by atomic mass is 32.2. The molecule has 24 heavy (non-hydrogen) atoms. The predicted octanol–water partition coefficient (Wildman–Crippen LogP) is 2.17. The quantitative estimate of drug-likeness (QED) is 0.774. The van der Waals surface area contributed by atoms with Crippen molar-refractivity contribution in [3.05, 3.63) is 53.1 Å². The Morgan fingerprint density at radius 3 is 2.92 bits per heavy atom. The summed E-state index contributed by atoms with van der Waals surface area (Å²) in [5.74, 6) is 1.18. The van der Waals surface area contributed by atoms with Gasteiger partial charge in [-0.25, -0.2) is 9.32 Å². The standard InChI is InChI=1S/C14H14N3O5PS/c15-11-6-7-17(14(18)16-11)12-9-24-13(21-12)8-20-23(19)22-10-4-2-1-3-5-10/h1-7,12-13H,8-9H2,(H-,15,16,18)/p+1/t12-,13+/m0/s1. The fourth-order valence-electron chi connectivity index (χ4n) is 2.04. The largest absolute Gasteiger partial charge is 0.750 e. The van der Waals surface area contributed by atoms with Crippen LogP contribution in [0.25, 0.3) is 0 Å².